The number of hydrogen-bond acceptors (Lipinski definition) is 11. The number of carbonyl (C=O) groups excluding carboxylic acids is 4. The average molecular weight is 640 g/mol. The fourth-order valence-electron chi connectivity index (χ4n) is 4.29. The molecule has 0 bridgehead atoms. The van der Waals surface area contributed by atoms with E-state index in [1.165, 1.54) is 13.8 Å². The highest BCUT2D eigenvalue weighted by Gasteiger charge is 2.15. The van der Waals surface area contributed by atoms with Crippen LogP contribution in [0.4, 0.5) is 9.59 Å². The van der Waals surface area contributed by atoms with Gasteiger partial charge in [0.1, 0.15) is 11.5 Å². The number of nitrogens with one attached hydrogen (secondary N) is 3. The molecule has 0 saturated heterocycles. The van der Waals surface area contributed by atoms with E-state index >= 15 is 0 Å². The van der Waals surface area contributed by atoms with Gasteiger partial charge in [-0.3, -0.25) is 9.59 Å². The van der Waals surface area contributed by atoms with Crippen LogP contribution in [0, 0.1) is 0 Å². The Kier molecular flexibility index (Phi) is 13.4. The van der Waals surface area contributed by atoms with Gasteiger partial charge in [0.15, 0.2) is 6.73 Å². The molecule has 0 radical (unpaired) electrons. The van der Waals surface area contributed by atoms with Gasteiger partial charge in [0.2, 0.25) is 12.7 Å². The van der Waals surface area contributed by atoms with Gasteiger partial charge in [-0.2, -0.15) is 0 Å². The highest BCUT2D eigenvalue weighted by molar-refractivity contribution is 5.91. The molecular formula is C32H41N5O9. The molecule has 0 aliphatic rings. The Morgan fingerprint density at radius 1 is 0.696 bits per heavy atom. The summed E-state index contributed by atoms with van der Waals surface area (Å²) in [7, 11) is 8.01. The molecule has 0 unspecified atom stereocenters. The van der Waals surface area contributed by atoms with Gasteiger partial charge in [0, 0.05) is 61.1 Å². The second kappa shape index (κ2) is 17.4. The molecule has 248 valence electrons. The Morgan fingerprint density at radius 3 is 1.61 bits per heavy atom. The maximum Gasteiger partial charge on any atom is 0.516 e. The Morgan fingerprint density at radius 2 is 1.17 bits per heavy atom. The van der Waals surface area contributed by atoms with E-state index in [9.17, 15) is 19.2 Å². The van der Waals surface area contributed by atoms with Crippen molar-refractivity contribution < 1.29 is 42.9 Å². The van der Waals surface area contributed by atoms with Gasteiger partial charge < -0.3 is 48.8 Å². The standard InChI is InChI=1S/C16H21N3O4.C16H20N2O5/c1-11(20)18-10-22-16(21)23-14-6-4-5-13-15(14)12(9-17-13)7-8-19(2)3;1-11(19)21-10-22-16(20)23-14-6-4-5-13-15(14)12(9-17-13)7-8-18(2)3/h4-6,9,17H,7-8,10H2,1-3H3,(H,18,20);4-6,9,17H,7-8,10H2,1-3H3. The molecule has 0 atom stereocenters. The Hall–Kier alpha value is -5.08. The minimum atomic E-state index is -0.918. The Labute approximate surface area is 266 Å². The molecule has 0 aliphatic heterocycles. The number of fused-ring (bicyclic) bond motifs is 2. The van der Waals surface area contributed by atoms with Crippen molar-refractivity contribution in [3.05, 3.63) is 59.9 Å². The number of rotatable bonds is 12. The molecule has 4 aromatic rings. The lowest BCUT2D eigenvalue weighted by molar-refractivity contribution is -0.149. The van der Waals surface area contributed by atoms with E-state index in [4.69, 9.17) is 18.9 Å². The van der Waals surface area contributed by atoms with Crippen molar-refractivity contribution in [1.82, 2.24) is 25.1 Å². The van der Waals surface area contributed by atoms with Gasteiger partial charge in [-0.25, -0.2) is 9.59 Å². The summed E-state index contributed by atoms with van der Waals surface area (Å²) in [6.45, 7) is 3.64. The molecule has 0 saturated carbocycles. The smallest absolute Gasteiger partial charge is 0.428 e. The predicted octanol–water partition coefficient (Wildman–Crippen LogP) is 4.19. The van der Waals surface area contributed by atoms with Crippen molar-refractivity contribution in [2.45, 2.75) is 26.7 Å². The first-order valence-corrected chi connectivity index (χ1v) is 14.5. The van der Waals surface area contributed by atoms with Crippen molar-refractivity contribution in [3.8, 4) is 11.5 Å². The highest BCUT2D eigenvalue weighted by atomic mass is 16.8. The van der Waals surface area contributed by atoms with Crippen LogP contribution in [-0.4, -0.2) is 98.8 Å². The lowest BCUT2D eigenvalue weighted by Gasteiger charge is -2.10. The van der Waals surface area contributed by atoms with Crippen molar-refractivity contribution in [1.29, 1.82) is 0 Å². The van der Waals surface area contributed by atoms with E-state index in [2.05, 4.69) is 29.8 Å². The van der Waals surface area contributed by atoms with Crippen molar-refractivity contribution in [2.75, 3.05) is 54.8 Å². The number of esters is 1. The molecule has 4 rings (SSSR count). The van der Waals surface area contributed by atoms with E-state index in [0.29, 0.717) is 11.5 Å². The normalized spacial score (nSPS) is 10.8. The quantitative estimate of drug-likeness (QED) is 0.116. The maximum atomic E-state index is 11.7. The first kappa shape index (κ1) is 35.4. The topological polar surface area (TPSA) is 165 Å². The molecule has 14 nitrogen and oxygen atoms in total. The summed E-state index contributed by atoms with van der Waals surface area (Å²) in [6.07, 6.45) is 3.70. The van der Waals surface area contributed by atoms with Crippen LogP contribution in [0.1, 0.15) is 25.0 Å². The van der Waals surface area contributed by atoms with Crippen LogP contribution in [0.25, 0.3) is 21.8 Å². The van der Waals surface area contributed by atoms with Gasteiger partial charge >= 0.3 is 18.3 Å². The molecule has 3 N–H and O–H groups in total. The molecule has 1 amide bonds. The average Bonchev–Trinajstić information content (AvgIpc) is 3.60. The van der Waals surface area contributed by atoms with Crippen molar-refractivity contribution in [2.24, 2.45) is 0 Å². The lowest BCUT2D eigenvalue weighted by atomic mass is 10.1. The first-order valence-electron chi connectivity index (χ1n) is 14.5. The Bertz CT molecular complexity index is 1510. The van der Waals surface area contributed by atoms with Gasteiger partial charge in [-0.15, -0.1) is 0 Å². The second-order valence-corrected chi connectivity index (χ2v) is 10.7. The van der Waals surface area contributed by atoms with Gasteiger partial charge in [0.25, 0.3) is 0 Å². The van der Waals surface area contributed by atoms with E-state index in [1.54, 1.807) is 24.3 Å². The lowest BCUT2D eigenvalue weighted by Crippen LogP contribution is -2.26. The van der Waals surface area contributed by atoms with E-state index in [0.717, 1.165) is 58.9 Å². The molecule has 2 aromatic heterocycles. The number of hydrogen-bond donors (Lipinski definition) is 3. The van der Waals surface area contributed by atoms with Gasteiger partial charge in [0.05, 0.1) is 0 Å². The molecule has 14 heteroatoms. The molecule has 0 aliphatic carbocycles. The first-order chi connectivity index (χ1) is 21.9. The molecule has 0 fully saturated rings. The summed E-state index contributed by atoms with van der Waals surface area (Å²) in [5.41, 5.74) is 3.89. The van der Waals surface area contributed by atoms with Crippen LogP contribution in [0.5, 0.6) is 11.5 Å². The number of likely N-dealkylation sites (N-methyl/N-ethyl adjacent to an activating group) is 2. The molecular weight excluding hydrogens is 598 g/mol. The summed E-state index contributed by atoms with van der Waals surface area (Å²) in [5, 5.41) is 4.08. The van der Waals surface area contributed by atoms with E-state index < -0.39 is 25.1 Å². The molecule has 2 aromatic carbocycles. The molecule has 46 heavy (non-hydrogen) atoms. The predicted molar refractivity (Wildman–Crippen MR) is 171 cm³/mol. The van der Waals surface area contributed by atoms with Crippen molar-refractivity contribution in [3.63, 3.8) is 0 Å². The van der Waals surface area contributed by atoms with E-state index in [-0.39, 0.29) is 12.6 Å². The van der Waals surface area contributed by atoms with Crippen LogP contribution >= 0.6 is 0 Å². The molecule has 0 spiro atoms. The number of amides is 1. The number of carbonyl (C=O) groups is 4. The maximum absolute atomic E-state index is 11.7. The summed E-state index contributed by atoms with van der Waals surface area (Å²) in [6, 6.07) is 10.8. The summed E-state index contributed by atoms with van der Waals surface area (Å²) >= 11 is 0. The molecule has 2 heterocycles. The SMILES string of the molecule is CC(=O)NCOC(=O)Oc1cccc2[nH]cc(CCN(C)C)c12.CC(=O)OCOC(=O)Oc1cccc2[nH]cc(CCN(C)C)c12. The third-order valence-corrected chi connectivity index (χ3v) is 6.49. The number of H-pyrrole nitrogens is 2. The monoisotopic (exact) mass is 639 g/mol. The number of benzene rings is 2. The third-order valence-electron chi connectivity index (χ3n) is 6.49. The van der Waals surface area contributed by atoms with Crippen LogP contribution in [-0.2, 0) is 36.6 Å². The highest BCUT2D eigenvalue weighted by Crippen LogP contribution is 2.30. The van der Waals surface area contributed by atoms with Crippen LogP contribution in [0.15, 0.2) is 48.8 Å². The van der Waals surface area contributed by atoms with Gasteiger partial charge in [-0.1, -0.05) is 12.1 Å². The van der Waals surface area contributed by atoms with Crippen LogP contribution in [0.3, 0.4) is 0 Å². The zero-order valence-corrected chi connectivity index (χ0v) is 26.9. The number of aromatic amines is 2. The zero-order chi connectivity index (χ0) is 33.6. The van der Waals surface area contributed by atoms with Crippen LogP contribution < -0.4 is 14.8 Å². The number of aromatic nitrogens is 2. The fourth-order valence-corrected chi connectivity index (χ4v) is 4.29. The number of ether oxygens (including phenoxy) is 5. The zero-order valence-electron chi connectivity index (χ0n) is 26.9. The van der Waals surface area contributed by atoms with E-state index in [1.807, 2.05) is 52.7 Å². The summed E-state index contributed by atoms with van der Waals surface area (Å²) in [5.74, 6) is 0.0312. The third kappa shape index (κ3) is 11.1. The Balaban J connectivity index is 0.000000250. The minimum absolute atomic E-state index is 0.217. The largest absolute Gasteiger partial charge is 0.516 e. The fraction of sp³-hybridized carbons (Fsp3) is 0.375. The summed E-state index contributed by atoms with van der Waals surface area (Å²) in [4.78, 5) is 55.3. The minimum Gasteiger partial charge on any atom is -0.428 e. The number of nitrogens with zero attached hydrogens (tertiary/aromatic N) is 2. The van der Waals surface area contributed by atoms with Crippen molar-refractivity contribution >= 4 is 46.0 Å². The van der Waals surface area contributed by atoms with Crippen LogP contribution in [0.2, 0.25) is 0 Å². The second-order valence-electron chi connectivity index (χ2n) is 10.7. The summed E-state index contributed by atoms with van der Waals surface area (Å²) < 4.78 is 24.5. The van der Waals surface area contributed by atoms with Gasteiger partial charge in [-0.05, 0) is 76.4 Å².